The quantitative estimate of drug-likeness (QED) is 0.864. The Labute approximate surface area is 119 Å². The van der Waals surface area contributed by atoms with Crippen LogP contribution in [0.25, 0.3) is 0 Å². The van der Waals surface area contributed by atoms with E-state index in [0.717, 1.165) is 36.6 Å². The van der Waals surface area contributed by atoms with E-state index in [1.165, 1.54) is 5.56 Å². The fourth-order valence-electron chi connectivity index (χ4n) is 2.22. The van der Waals surface area contributed by atoms with Crippen molar-refractivity contribution in [3.05, 3.63) is 35.2 Å². The number of nitrogens with zero attached hydrogens (tertiary/aromatic N) is 5. The highest BCUT2D eigenvalue weighted by Gasteiger charge is 2.17. The molecule has 0 saturated carbocycles. The maximum Gasteiger partial charge on any atom is 0.138 e. The highest BCUT2D eigenvalue weighted by molar-refractivity contribution is 5.24. The van der Waals surface area contributed by atoms with Crippen molar-refractivity contribution in [1.29, 1.82) is 0 Å². The lowest BCUT2D eigenvalue weighted by Gasteiger charge is -2.20. The van der Waals surface area contributed by atoms with E-state index in [1.807, 2.05) is 25.6 Å². The van der Waals surface area contributed by atoms with Crippen molar-refractivity contribution in [1.82, 2.24) is 30.3 Å². The van der Waals surface area contributed by atoms with Crippen LogP contribution in [0.15, 0.2) is 12.4 Å². The van der Waals surface area contributed by atoms with Crippen molar-refractivity contribution in [3.63, 3.8) is 0 Å². The van der Waals surface area contributed by atoms with Gasteiger partial charge in [-0.3, -0.25) is 4.68 Å². The summed E-state index contributed by atoms with van der Waals surface area (Å²) in [6.45, 7) is 7.09. The summed E-state index contributed by atoms with van der Waals surface area (Å²) in [5.41, 5.74) is 3.09. The van der Waals surface area contributed by atoms with Crippen molar-refractivity contribution < 1.29 is 0 Å². The molecule has 6 heteroatoms. The summed E-state index contributed by atoms with van der Waals surface area (Å²) in [4.78, 5) is 4.32. The standard InChI is InChI=1S/C14H22N6/c1-5-6-15-13(8-14-16-9-17-20(14)4)12-7-10(2)18-19-11(12)3/h7,9,13,15H,5-6,8H2,1-4H3. The smallest absolute Gasteiger partial charge is 0.138 e. The minimum absolute atomic E-state index is 0.187. The maximum atomic E-state index is 4.32. The maximum absolute atomic E-state index is 4.32. The lowest BCUT2D eigenvalue weighted by atomic mass is 10.0. The minimum atomic E-state index is 0.187. The Morgan fingerprint density at radius 3 is 2.75 bits per heavy atom. The van der Waals surface area contributed by atoms with Gasteiger partial charge < -0.3 is 5.32 Å². The number of hydrogen-bond acceptors (Lipinski definition) is 5. The molecule has 0 amide bonds. The largest absolute Gasteiger partial charge is 0.309 e. The topological polar surface area (TPSA) is 68.5 Å². The van der Waals surface area contributed by atoms with Crippen molar-refractivity contribution in [2.24, 2.45) is 7.05 Å². The Balaban J connectivity index is 2.27. The van der Waals surface area contributed by atoms with Crippen LogP contribution in [0.2, 0.25) is 0 Å². The molecular weight excluding hydrogens is 252 g/mol. The molecule has 0 radical (unpaired) electrons. The average Bonchev–Trinajstić information content (AvgIpc) is 2.83. The number of aromatic nitrogens is 5. The van der Waals surface area contributed by atoms with Crippen LogP contribution in [0, 0.1) is 13.8 Å². The molecule has 6 nitrogen and oxygen atoms in total. The van der Waals surface area contributed by atoms with E-state index in [1.54, 1.807) is 6.33 Å². The molecule has 20 heavy (non-hydrogen) atoms. The van der Waals surface area contributed by atoms with Gasteiger partial charge in [-0.1, -0.05) is 6.92 Å². The van der Waals surface area contributed by atoms with Gasteiger partial charge in [0.2, 0.25) is 0 Å². The molecule has 0 aliphatic carbocycles. The zero-order chi connectivity index (χ0) is 14.5. The van der Waals surface area contributed by atoms with Gasteiger partial charge in [0.15, 0.2) is 0 Å². The monoisotopic (exact) mass is 274 g/mol. The van der Waals surface area contributed by atoms with Crippen LogP contribution in [0.1, 0.15) is 42.2 Å². The molecule has 0 spiro atoms. The van der Waals surface area contributed by atoms with Crippen molar-refractivity contribution in [2.45, 2.75) is 39.7 Å². The summed E-state index contributed by atoms with van der Waals surface area (Å²) in [6, 6.07) is 2.29. The first kappa shape index (κ1) is 14.6. The van der Waals surface area contributed by atoms with Crippen molar-refractivity contribution >= 4 is 0 Å². The first-order chi connectivity index (χ1) is 9.61. The molecule has 0 bridgehead atoms. The lowest BCUT2D eigenvalue weighted by molar-refractivity contribution is 0.501. The molecule has 1 unspecified atom stereocenters. The molecule has 108 valence electrons. The molecule has 1 N–H and O–H groups in total. The molecule has 0 aliphatic heterocycles. The SMILES string of the molecule is CCCNC(Cc1ncnn1C)c1cc(C)nnc1C. The number of aryl methyl sites for hydroxylation is 3. The highest BCUT2D eigenvalue weighted by atomic mass is 15.3. The Morgan fingerprint density at radius 2 is 2.10 bits per heavy atom. The Hall–Kier alpha value is -1.82. The third-order valence-electron chi connectivity index (χ3n) is 3.35. The van der Waals surface area contributed by atoms with Gasteiger partial charge in [0.1, 0.15) is 12.2 Å². The molecule has 0 aliphatic rings. The fraction of sp³-hybridized carbons (Fsp3) is 0.571. The lowest BCUT2D eigenvalue weighted by Crippen LogP contribution is -2.26. The second-order valence-corrected chi connectivity index (χ2v) is 5.04. The summed E-state index contributed by atoms with van der Waals surface area (Å²) < 4.78 is 1.82. The van der Waals surface area contributed by atoms with E-state index >= 15 is 0 Å². The molecule has 1 atom stereocenters. The summed E-state index contributed by atoms with van der Waals surface area (Å²) in [6.07, 6.45) is 3.48. The van der Waals surface area contributed by atoms with Crippen LogP contribution in [0.3, 0.4) is 0 Å². The van der Waals surface area contributed by atoms with Crippen LogP contribution in [0.4, 0.5) is 0 Å². The van der Waals surface area contributed by atoms with E-state index in [-0.39, 0.29) is 6.04 Å². The Kier molecular flexibility index (Phi) is 4.79. The average molecular weight is 274 g/mol. The normalized spacial score (nSPS) is 12.6. The molecule has 0 aromatic carbocycles. The van der Waals surface area contributed by atoms with E-state index in [2.05, 4.69) is 38.6 Å². The van der Waals surface area contributed by atoms with E-state index in [0.29, 0.717) is 0 Å². The van der Waals surface area contributed by atoms with E-state index in [9.17, 15) is 0 Å². The minimum Gasteiger partial charge on any atom is -0.309 e. The molecule has 2 aromatic heterocycles. The zero-order valence-corrected chi connectivity index (χ0v) is 12.6. The molecule has 2 rings (SSSR count). The van der Waals surface area contributed by atoms with Gasteiger partial charge in [0.05, 0.1) is 11.4 Å². The predicted octanol–water partition coefficient (Wildman–Crippen LogP) is 1.51. The zero-order valence-electron chi connectivity index (χ0n) is 12.6. The Bertz CT molecular complexity index is 563. The van der Waals surface area contributed by atoms with Gasteiger partial charge in [0.25, 0.3) is 0 Å². The first-order valence-electron chi connectivity index (χ1n) is 6.99. The third-order valence-corrected chi connectivity index (χ3v) is 3.35. The number of hydrogen-bond donors (Lipinski definition) is 1. The van der Waals surface area contributed by atoms with Crippen molar-refractivity contribution in [2.75, 3.05) is 6.54 Å². The molecular formula is C14H22N6. The van der Waals surface area contributed by atoms with Crippen LogP contribution < -0.4 is 5.32 Å². The summed E-state index contributed by atoms with van der Waals surface area (Å²) in [5.74, 6) is 0.965. The molecule has 2 heterocycles. The molecule has 0 fully saturated rings. The van der Waals surface area contributed by atoms with Gasteiger partial charge in [-0.05, 0) is 38.4 Å². The first-order valence-corrected chi connectivity index (χ1v) is 6.99. The second-order valence-electron chi connectivity index (χ2n) is 5.04. The van der Waals surface area contributed by atoms with Gasteiger partial charge in [-0.25, -0.2) is 4.98 Å². The third kappa shape index (κ3) is 3.39. The van der Waals surface area contributed by atoms with Crippen LogP contribution in [0.5, 0.6) is 0 Å². The fourth-order valence-corrected chi connectivity index (χ4v) is 2.22. The van der Waals surface area contributed by atoms with Gasteiger partial charge in [-0.15, -0.1) is 0 Å². The van der Waals surface area contributed by atoms with E-state index in [4.69, 9.17) is 0 Å². The van der Waals surface area contributed by atoms with E-state index < -0.39 is 0 Å². The van der Waals surface area contributed by atoms with Crippen LogP contribution in [-0.2, 0) is 13.5 Å². The van der Waals surface area contributed by atoms with Crippen molar-refractivity contribution in [3.8, 4) is 0 Å². The Morgan fingerprint density at radius 1 is 1.30 bits per heavy atom. The summed E-state index contributed by atoms with van der Waals surface area (Å²) >= 11 is 0. The van der Waals surface area contributed by atoms with Gasteiger partial charge >= 0.3 is 0 Å². The van der Waals surface area contributed by atoms with Gasteiger partial charge in [0, 0.05) is 19.5 Å². The predicted molar refractivity (Wildman–Crippen MR) is 77.2 cm³/mol. The molecule has 0 saturated heterocycles. The number of rotatable bonds is 6. The highest BCUT2D eigenvalue weighted by Crippen LogP contribution is 2.20. The summed E-state index contributed by atoms with van der Waals surface area (Å²) in [5, 5.41) is 16.0. The number of nitrogens with one attached hydrogen (secondary N) is 1. The van der Waals surface area contributed by atoms with Crippen LogP contribution >= 0.6 is 0 Å². The van der Waals surface area contributed by atoms with Gasteiger partial charge in [-0.2, -0.15) is 15.3 Å². The summed E-state index contributed by atoms with van der Waals surface area (Å²) in [7, 11) is 1.92. The van der Waals surface area contributed by atoms with Crippen LogP contribution in [-0.4, -0.2) is 31.5 Å². The molecule has 2 aromatic rings. The second kappa shape index (κ2) is 6.56.